The van der Waals surface area contributed by atoms with E-state index in [0.29, 0.717) is 17.9 Å². The van der Waals surface area contributed by atoms with Crippen molar-refractivity contribution in [1.29, 1.82) is 0 Å². The molecule has 126 valence electrons. The molecule has 0 radical (unpaired) electrons. The molecule has 0 aliphatic rings. The molecule has 0 bridgehead atoms. The molecule has 6 nitrogen and oxygen atoms in total. The maximum absolute atomic E-state index is 14.2. The second-order valence-electron chi connectivity index (χ2n) is 4.76. The van der Waals surface area contributed by atoms with Crippen LogP contribution < -0.4 is 4.80 Å². The first-order valence-corrected chi connectivity index (χ1v) is 7.97. The number of aromatic nitrogens is 2. The van der Waals surface area contributed by atoms with E-state index in [1.807, 2.05) is 6.92 Å². The molecule has 2 heterocycles. The third-order valence-corrected chi connectivity index (χ3v) is 4.23. The van der Waals surface area contributed by atoms with Crippen LogP contribution in [0.1, 0.15) is 17.5 Å². The summed E-state index contributed by atoms with van der Waals surface area (Å²) in [6.45, 7) is 2.93. The summed E-state index contributed by atoms with van der Waals surface area (Å²) in [5.74, 6) is -2.09. The summed E-state index contributed by atoms with van der Waals surface area (Å²) >= 11 is 1.01. The lowest BCUT2D eigenvalue weighted by Gasteiger charge is -2.06. The first kappa shape index (κ1) is 16.5. The Morgan fingerprint density at radius 1 is 1.46 bits per heavy atom. The molecule has 1 aromatic carbocycles. The molecular formula is C15H13F2N3O3S. The van der Waals surface area contributed by atoms with E-state index in [4.69, 9.17) is 9.26 Å². The van der Waals surface area contributed by atoms with Gasteiger partial charge in [-0.3, -0.25) is 4.79 Å². The number of ether oxygens (including phenoxy) is 1. The zero-order valence-electron chi connectivity index (χ0n) is 12.7. The third kappa shape index (κ3) is 3.26. The van der Waals surface area contributed by atoms with Crippen LogP contribution in [0.3, 0.4) is 0 Å². The minimum atomic E-state index is -0.716. The second-order valence-corrected chi connectivity index (χ2v) is 5.77. The molecule has 3 aromatic rings. The smallest absolute Gasteiger partial charge is 0.318 e. The Labute approximate surface area is 139 Å². The van der Waals surface area contributed by atoms with E-state index in [2.05, 4.69) is 10.1 Å². The molecule has 9 heteroatoms. The third-order valence-electron chi connectivity index (χ3n) is 3.20. The molecule has 3 rings (SSSR count). The van der Waals surface area contributed by atoms with E-state index >= 15 is 0 Å². The summed E-state index contributed by atoms with van der Waals surface area (Å²) in [7, 11) is 0. The maximum Gasteiger partial charge on any atom is 0.318 e. The highest BCUT2D eigenvalue weighted by atomic mass is 32.1. The van der Waals surface area contributed by atoms with E-state index < -0.39 is 17.5 Å². The van der Waals surface area contributed by atoms with Gasteiger partial charge < -0.3 is 13.8 Å². The quantitative estimate of drug-likeness (QED) is 0.662. The average Bonchev–Trinajstić information content (AvgIpc) is 3.16. The fourth-order valence-electron chi connectivity index (χ4n) is 2.19. The number of thiazole rings is 1. The van der Waals surface area contributed by atoms with Gasteiger partial charge in [0, 0.05) is 25.3 Å². The lowest BCUT2D eigenvalue weighted by Crippen LogP contribution is -2.20. The van der Waals surface area contributed by atoms with Crippen molar-refractivity contribution < 1.29 is 22.8 Å². The zero-order valence-corrected chi connectivity index (χ0v) is 13.5. The predicted molar refractivity (Wildman–Crippen MR) is 82.6 cm³/mol. The SMILES string of the molecule is CCOCCn1c(=NC(=O)c2ccno2)sc2cc(F)cc(F)c21. The lowest BCUT2D eigenvalue weighted by atomic mass is 10.3. The van der Waals surface area contributed by atoms with Crippen LogP contribution in [0.5, 0.6) is 0 Å². The standard InChI is InChI=1S/C15H13F2N3O3S/c1-2-22-6-5-20-13-10(17)7-9(16)8-12(13)24-15(20)19-14(21)11-3-4-18-23-11/h3-4,7-8H,2,5-6H2,1H3. The summed E-state index contributed by atoms with van der Waals surface area (Å²) in [6, 6.07) is 3.39. The first-order valence-electron chi connectivity index (χ1n) is 7.16. The molecule has 2 aromatic heterocycles. The number of benzene rings is 1. The van der Waals surface area contributed by atoms with Gasteiger partial charge in [-0.15, -0.1) is 0 Å². The van der Waals surface area contributed by atoms with E-state index in [0.717, 1.165) is 17.4 Å². The van der Waals surface area contributed by atoms with Crippen molar-refractivity contribution in [3.8, 4) is 0 Å². The van der Waals surface area contributed by atoms with Crippen LogP contribution in [-0.2, 0) is 11.3 Å². The van der Waals surface area contributed by atoms with Crippen molar-refractivity contribution in [3.63, 3.8) is 0 Å². The van der Waals surface area contributed by atoms with Crippen molar-refractivity contribution in [1.82, 2.24) is 9.72 Å². The second kappa shape index (κ2) is 7.02. The van der Waals surface area contributed by atoms with Crippen LogP contribution >= 0.6 is 11.3 Å². The van der Waals surface area contributed by atoms with Gasteiger partial charge in [-0.1, -0.05) is 16.5 Å². The van der Waals surface area contributed by atoms with Gasteiger partial charge in [-0.05, 0) is 13.0 Å². The van der Waals surface area contributed by atoms with Gasteiger partial charge in [-0.25, -0.2) is 8.78 Å². The largest absolute Gasteiger partial charge is 0.380 e. The molecule has 0 saturated heterocycles. The number of fused-ring (bicyclic) bond motifs is 1. The van der Waals surface area contributed by atoms with Crippen molar-refractivity contribution in [2.45, 2.75) is 13.5 Å². The topological polar surface area (TPSA) is 69.6 Å². The van der Waals surface area contributed by atoms with Crippen LogP contribution in [0.15, 0.2) is 33.9 Å². The van der Waals surface area contributed by atoms with Gasteiger partial charge in [0.15, 0.2) is 10.6 Å². The molecule has 0 atom stereocenters. The maximum atomic E-state index is 14.2. The molecule has 0 saturated carbocycles. The molecule has 0 unspecified atom stereocenters. The first-order chi connectivity index (χ1) is 11.6. The average molecular weight is 353 g/mol. The van der Waals surface area contributed by atoms with E-state index in [1.165, 1.54) is 22.9 Å². The van der Waals surface area contributed by atoms with Crippen LogP contribution in [0.25, 0.3) is 10.2 Å². The minimum Gasteiger partial charge on any atom is -0.380 e. The summed E-state index contributed by atoms with van der Waals surface area (Å²) in [6.07, 6.45) is 1.33. The van der Waals surface area contributed by atoms with Gasteiger partial charge in [0.2, 0.25) is 5.76 Å². The number of carbonyl (C=O) groups is 1. The van der Waals surface area contributed by atoms with Gasteiger partial charge in [0.05, 0.1) is 23.0 Å². The van der Waals surface area contributed by atoms with Crippen molar-refractivity contribution in [2.24, 2.45) is 4.99 Å². The molecule has 0 spiro atoms. The molecule has 0 aliphatic carbocycles. The number of rotatable bonds is 5. The Morgan fingerprint density at radius 3 is 3.00 bits per heavy atom. The monoisotopic (exact) mass is 353 g/mol. The van der Waals surface area contributed by atoms with Gasteiger partial charge in [0.1, 0.15) is 5.82 Å². The van der Waals surface area contributed by atoms with Crippen LogP contribution in [0.2, 0.25) is 0 Å². The van der Waals surface area contributed by atoms with E-state index in [-0.39, 0.29) is 22.6 Å². The van der Waals surface area contributed by atoms with Gasteiger partial charge >= 0.3 is 5.91 Å². The van der Waals surface area contributed by atoms with Crippen LogP contribution in [0, 0.1) is 11.6 Å². The zero-order chi connectivity index (χ0) is 17.1. The highest BCUT2D eigenvalue weighted by molar-refractivity contribution is 7.16. The molecule has 0 aliphatic heterocycles. The Kier molecular flexibility index (Phi) is 4.81. The fourth-order valence-corrected chi connectivity index (χ4v) is 3.28. The lowest BCUT2D eigenvalue weighted by molar-refractivity contribution is 0.0961. The fraction of sp³-hybridized carbons (Fsp3) is 0.267. The Morgan fingerprint density at radius 2 is 2.29 bits per heavy atom. The summed E-state index contributed by atoms with van der Waals surface area (Å²) in [4.78, 5) is 16.3. The van der Waals surface area contributed by atoms with E-state index in [1.54, 1.807) is 0 Å². The Balaban J connectivity index is 2.13. The van der Waals surface area contributed by atoms with Crippen molar-refractivity contribution in [2.75, 3.05) is 13.2 Å². The van der Waals surface area contributed by atoms with Crippen LogP contribution in [-0.4, -0.2) is 28.8 Å². The molecule has 0 N–H and O–H groups in total. The van der Waals surface area contributed by atoms with Crippen LogP contribution in [0.4, 0.5) is 8.78 Å². The molecular weight excluding hydrogens is 340 g/mol. The van der Waals surface area contributed by atoms with E-state index in [9.17, 15) is 13.6 Å². The number of hydrogen-bond donors (Lipinski definition) is 0. The number of hydrogen-bond acceptors (Lipinski definition) is 5. The normalized spacial score (nSPS) is 12.2. The number of halogens is 2. The number of amides is 1. The highest BCUT2D eigenvalue weighted by Crippen LogP contribution is 2.22. The summed E-state index contributed by atoms with van der Waals surface area (Å²) in [5.41, 5.74) is 0.185. The number of nitrogens with zero attached hydrogens (tertiary/aromatic N) is 3. The molecule has 1 amide bonds. The van der Waals surface area contributed by atoms with Gasteiger partial charge in [-0.2, -0.15) is 4.99 Å². The highest BCUT2D eigenvalue weighted by Gasteiger charge is 2.15. The minimum absolute atomic E-state index is 0.0320. The molecule has 0 fully saturated rings. The van der Waals surface area contributed by atoms with Gasteiger partial charge in [0.25, 0.3) is 0 Å². The van der Waals surface area contributed by atoms with Crippen molar-refractivity contribution >= 4 is 27.5 Å². The summed E-state index contributed by atoms with van der Waals surface area (Å²) < 4.78 is 39.5. The predicted octanol–water partition coefficient (Wildman–Crippen LogP) is 2.75. The number of carbonyl (C=O) groups excluding carboxylic acids is 1. The Bertz CT molecular complexity index is 931. The van der Waals surface area contributed by atoms with Crippen molar-refractivity contribution in [3.05, 3.63) is 46.6 Å². The summed E-state index contributed by atoms with van der Waals surface area (Å²) in [5, 5.41) is 3.45. The molecule has 24 heavy (non-hydrogen) atoms. The Hall–Kier alpha value is -2.39.